The molecule has 78 valence electrons. The van der Waals surface area contributed by atoms with Crippen LogP contribution in [0.2, 0.25) is 0 Å². The highest BCUT2D eigenvalue weighted by Crippen LogP contribution is 2.07. The standard InChI is InChI=1S/C11H14N4/c1-9-3-2-4-10(5-9)7-15-8-13-14-11(15)6-12/h2-5,8H,6-7,12H2,1H3. The van der Waals surface area contributed by atoms with Crippen molar-refractivity contribution in [2.45, 2.75) is 20.0 Å². The molecule has 0 saturated heterocycles. The van der Waals surface area contributed by atoms with Crippen molar-refractivity contribution in [1.82, 2.24) is 14.8 Å². The number of rotatable bonds is 3. The number of aryl methyl sites for hydroxylation is 1. The third kappa shape index (κ3) is 2.22. The Kier molecular flexibility index (Phi) is 2.78. The fourth-order valence-electron chi connectivity index (χ4n) is 1.58. The van der Waals surface area contributed by atoms with Gasteiger partial charge in [-0.3, -0.25) is 0 Å². The van der Waals surface area contributed by atoms with Gasteiger partial charge in [-0.25, -0.2) is 0 Å². The zero-order chi connectivity index (χ0) is 10.7. The van der Waals surface area contributed by atoms with E-state index in [0.717, 1.165) is 12.4 Å². The van der Waals surface area contributed by atoms with Gasteiger partial charge in [0.05, 0.1) is 13.1 Å². The van der Waals surface area contributed by atoms with Crippen LogP contribution in [0.25, 0.3) is 0 Å². The molecule has 1 heterocycles. The van der Waals surface area contributed by atoms with Gasteiger partial charge in [0.2, 0.25) is 0 Å². The van der Waals surface area contributed by atoms with E-state index < -0.39 is 0 Å². The second-order valence-corrected chi connectivity index (χ2v) is 3.57. The predicted molar refractivity (Wildman–Crippen MR) is 58.2 cm³/mol. The van der Waals surface area contributed by atoms with Gasteiger partial charge < -0.3 is 10.3 Å². The predicted octanol–water partition coefficient (Wildman–Crippen LogP) is 1.09. The molecule has 2 aromatic rings. The highest BCUT2D eigenvalue weighted by Gasteiger charge is 2.02. The van der Waals surface area contributed by atoms with Gasteiger partial charge in [-0.2, -0.15) is 0 Å². The number of aromatic nitrogens is 3. The maximum Gasteiger partial charge on any atom is 0.146 e. The summed E-state index contributed by atoms with van der Waals surface area (Å²) in [5.41, 5.74) is 8.05. The molecule has 0 aliphatic carbocycles. The van der Waals surface area contributed by atoms with Crippen LogP contribution in [0.15, 0.2) is 30.6 Å². The summed E-state index contributed by atoms with van der Waals surface area (Å²) in [6, 6.07) is 8.38. The van der Waals surface area contributed by atoms with Gasteiger partial charge in [-0.05, 0) is 12.5 Å². The van der Waals surface area contributed by atoms with Crippen LogP contribution in [0.3, 0.4) is 0 Å². The summed E-state index contributed by atoms with van der Waals surface area (Å²) in [5, 5.41) is 7.79. The van der Waals surface area contributed by atoms with E-state index in [2.05, 4.69) is 41.4 Å². The maximum absolute atomic E-state index is 5.56. The first-order chi connectivity index (χ1) is 7.29. The molecule has 0 saturated carbocycles. The van der Waals surface area contributed by atoms with Gasteiger partial charge in [0, 0.05) is 0 Å². The number of hydrogen-bond donors (Lipinski definition) is 1. The smallest absolute Gasteiger partial charge is 0.146 e. The molecule has 0 unspecified atom stereocenters. The highest BCUT2D eigenvalue weighted by atomic mass is 15.3. The van der Waals surface area contributed by atoms with Crippen LogP contribution >= 0.6 is 0 Å². The topological polar surface area (TPSA) is 56.7 Å². The van der Waals surface area contributed by atoms with E-state index in [0.29, 0.717) is 6.54 Å². The molecule has 0 aliphatic rings. The number of hydrogen-bond acceptors (Lipinski definition) is 3. The molecule has 0 radical (unpaired) electrons. The van der Waals surface area contributed by atoms with E-state index in [4.69, 9.17) is 5.73 Å². The van der Waals surface area contributed by atoms with Crippen LogP contribution in [-0.4, -0.2) is 14.8 Å². The summed E-state index contributed by atoms with van der Waals surface area (Å²) in [4.78, 5) is 0. The molecule has 4 nitrogen and oxygen atoms in total. The van der Waals surface area contributed by atoms with Gasteiger partial charge in [-0.15, -0.1) is 10.2 Å². The average molecular weight is 202 g/mol. The summed E-state index contributed by atoms with van der Waals surface area (Å²) in [6.45, 7) is 3.28. The Bertz CT molecular complexity index is 447. The summed E-state index contributed by atoms with van der Waals surface area (Å²) in [6.07, 6.45) is 1.71. The first-order valence-electron chi connectivity index (χ1n) is 4.92. The summed E-state index contributed by atoms with van der Waals surface area (Å²) >= 11 is 0. The molecule has 1 aromatic heterocycles. The van der Waals surface area contributed by atoms with Crippen molar-refractivity contribution in [3.63, 3.8) is 0 Å². The largest absolute Gasteiger partial charge is 0.324 e. The van der Waals surface area contributed by atoms with E-state index in [-0.39, 0.29) is 0 Å². The molecule has 0 fully saturated rings. The Morgan fingerprint density at radius 2 is 2.27 bits per heavy atom. The monoisotopic (exact) mass is 202 g/mol. The highest BCUT2D eigenvalue weighted by molar-refractivity contribution is 5.22. The Hall–Kier alpha value is -1.68. The van der Waals surface area contributed by atoms with E-state index in [1.54, 1.807) is 6.33 Å². The van der Waals surface area contributed by atoms with Crippen LogP contribution in [-0.2, 0) is 13.1 Å². The quantitative estimate of drug-likeness (QED) is 0.810. The molecule has 0 bridgehead atoms. The molecule has 0 spiro atoms. The number of nitrogens with two attached hydrogens (primary N) is 1. The molecule has 4 heteroatoms. The van der Waals surface area contributed by atoms with E-state index in [1.165, 1.54) is 11.1 Å². The van der Waals surface area contributed by atoms with Gasteiger partial charge >= 0.3 is 0 Å². The van der Waals surface area contributed by atoms with Crippen molar-refractivity contribution in [2.75, 3.05) is 0 Å². The van der Waals surface area contributed by atoms with Gasteiger partial charge in [0.25, 0.3) is 0 Å². The van der Waals surface area contributed by atoms with E-state index in [1.807, 2.05) is 4.57 Å². The van der Waals surface area contributed by atoms with Crippen molar-refractivity contribution in [2.24, 2.45) is 5.73 Å². The molecular weight excluding hydrogens is 188 g/mol. The van der Waals surface area contributed by atoms with Gasteiger partial charge in [-0.1, -0.05) is 29.8 Å². The first kappa shape index (κ1) is 9.86. The molecule has 1 aromatic carbocycles. The maximum atomic E-state index is 5.56. The lowest BCUT2D eigenvalue weighted by atomic mass is 10.1. The van der Waals surface area contributed by atoms with Crippen molar-refractivity contribution in [3.8, 4) is 0 Å². The van der Waals surface area contributed by atoms with Crippen molar-refractivity contribution < 1.29 is 0 Å². The second-order valence-electron chi connectivity index (χ2n) is 3.57. The summed E-state index contributed by atoms with van der Waals surface area (Å²) in [7, 11) is 0. The Labute approximate surface area is 88.8 Å². The third-order valence-corrected chi connectivity index (χ3v) is 2.31. The summed E-state index contributed by atoms with van der Waals surface area (Å²) in [5.74, 6) is 0.816. The molecule has 0 amide bonds. The fraction of sp³-hybridized carbons (Fsp3) is 0.273. The molecule has 0 aliphatic heterocycles. The van der Waals surface area contributed by atoms with Crippen LogP contribution in [0.1, 0.15) is 17.0 Å². The Morgan fingerprint density at radius 1 is 1.40 bits per heavy atom. The average Bonchev–Trinajstić information content (AvgIpc) is 2.65. The van der Waals surface area contributed by atoms with Crippen molar-refractivity contribution >= 4 is 0 Å². The zero-order valence-corrected chi connectivity index (χ0v) is 8.72. The lowest BCUT2D eigenvalue weighted by Crippen LogP contribution is -2.08. The van der Waals surface area contributed by atoms with Crippen LogP contribution < -0.4 is 5.73 Å². The molecule has 2 rings (SSSR count). The van der Waals surface area contributed by atoms with Crippen molar-refractivity contribution in [1.29, 1.82) is 0 Å². The lowest BCUT2D eigenvalue weighted by Gasteiger charge is -2.05. The minimum Gasteiger partial charge on any atom is -0.324 e. The number of benzene rings is 1. The summed E-state index contributed by atoms with van der Waals surface area (Å²) < 4.78 is 1.97. The van der Waals surface area contributed by atoms with Gasteiger partial charge in [0.15, 0.2) is 0 Å². The van der Waals surface area contributed by atoms with E-state index >= 15 is 0 Å². The molecule has 2 N–H and O–H groups in total. The first-order valence-corrected chi connectivity index (χ1v) is 4.92. The molecule has 0 atom stereocenters. The second kappa shape index (κ2) is 4.23. The van der Waals surface area contributed by atoms with Crippen LogP contribution in [0, 0.1) is 6.92 Å². The van der Waals surface area contributed by atoms with E-state index in [9.17, 15) is 0 Å². The fourth-order valence-corrected chi connectivity index (χ4v) is 1.58. The van der Waals surface area contributed by atoms with Crippen molar-refractivity contribution in [3.05, 3.63) is 47.5 Å². The van der Waals surface area contributed by atoms with Gasteiger partial charge in [0.1, 0.15) is 12.2 Å². The SMILES string of the molecule is Cc1cccc(Cn2cnnc2CN)c1. The lowest BCUT2D eigenvalue weighted by molar-refractivity contribution is 0.724. The minimum atomic E-state index is 0.422. The Morgan fingerprint density at radius 3 is 3.00 bits per heavy atom. The molecule has 15 heavy (non-hydrogen) atoms. The molecular formula is C11H14N4. The number of nitrogens with zero attached hydrogens (tertiary/aromatic N) is 3. The normalized spacial score (nSPS) is 10.5. The minimum absolute atomic E-state index is 0.422. The zero-order valence-electron chi connectivity index (χ0n) is 8.72. The Balaban J connectivity index is 2.22. The third-order valence-electron chi connectivity index (χ3n) is 2.31. The van der Waals surface area contributed by atoms with Crippen LogP contribution in [0.5, 0.6) is 0 Å². The van der Waals surface area contributed by atoms with Crippen LogP contribution in [0.4, 0.5) is 0 Å².